The van der Waals surface area contributed by atoms with Crippen LogP contribution in [-0.2, 0) is 4.74 Å². The topological polar surface area (TPSA) is 45.1 Å². The predicted octanol–water partition coefficient (Wildman–Crippen LogP) is 1.46. The zero-order valence-electron chi connectivity index (χ0n) is 10.4. The zero-order valence-corrected chi connectivity index (χ0v) is 11.2. The first-order valence-electron chi connectivity index (χ1n) is 6.07. The lowest BCUT2D eigenvalue weighted by molar-refractivity contribution is -0.0636. The maximum Gasteiger partial charge on any atom is 0.161 e. The molecule has 0 aliphatic carbocycles. The van der Waals surface area contributed by atoms with Crippen LogP contribution in [0, 0.1) is 0 Å². The van der Waals surface area contributed by atoms with Crippen molar-refractivity contribution in [2.45, 2.75) is 43.5 Å². The predicted molar refractivity (Wildman–Crippen MR) is 71.2 cm³/mol. The van der Waals surface area contributed by atoms with Gasteiger partial charge in [-0.1, -0.05) is 17.8 Å². The average molecular weight is 256 g/mol. The molecule has 0 bridgehead atoms. The Morgan fingerprint density at radius 3 is 3.12 bits per heavy atom. The number of hydrogen-bond donors (Lipinski definition) is 1. The number of ether oxygens (including phenoxy) is 1. The Kier molecular flexibility index (Phi) is 4.12. The van der Waals surface area contributed by atoms with Crippen LogP contribution in [0.2, 0.25) is 0 Å². The second kappa shape index (κ2) is 5.42. The fourth-order valence-corrected chi connectivity index (χ4v) is 3.30. The molecule has 1 fully saturated rings. The third-order valence-corrected chi connectivity index (χ3v) is 4.58. The minimum Gasteiger partial charge on any atom is -0.386 e. The molecular weight excluding hydrogens is 236 g/mol. The van der Waals surface area contributed by atoms with Crippen molar-refractivity contribution < 1.29 is 9.84 Å². The average Bonchev–Trinajstić information content (AvgIpc) is 2.79. The van der Waals surface area contributed by atoms with Gasteiger partial charge in [0.25, 0.3) is 0 Å². The summed E-state index contributed by atoms with van der Waals surface area (Å²) in [4.78, 5) is 6.80. The third-order valence-electron chi connectivity index (χ3n) is 3.29. The second-order valence-corrected chi connectivity index (χ2v) is 5.52. The lowest BCUT2D eigenvalue weighted by Crippen LogP contribution is -2.39. The Morgan fingerprint density at radius 2 is 2.47 bits per heavy atom. The maximum absolute atomic E-state index is 9.72. The molecule has 2 rings (SSSR count). The normalized spacial score (nSPS) is 33.8. The second-order valence-electron chi connectivity index (χ2n) is 4.46. The molecule has 0 radical (unpaired) electrons. The van der Waals surface area contributed by atoms with Crippen LogP contribution in [0.1, 0.15) is 19.8 Å². The van der Waals surface area contributed by atoms with E-state index in [1.807, 2.05) is 7.05 Å². The number of aliphatic hydroxyl groups is 1. The van der Waals surface area contributed by atoms with Gasteiger partial charge in [-0.2, -0.15) is 0 Å². The van der Waals surface area contributed by atoms with Crippen LogP contribution in [0.5, 0.6) is 0 Å². The van der Waals surface area contributed by atoms with Gasteiger partial charge in [0.05, 0.1) is 18.2 Å². The third kappa shape index (κ3) is 2.67. The molecule has 1 saturated heterocycles. The van der Waals surface area contributed by atoms with Crippen LogP contribution in [0.3, 0.4) is 0 Å². The van der Waals surface area contributed by atoms with E-state index in [2.05, 4.69) is 23.4 Å². The van der Waals surface area contributed by atoms with Gasteiger partial charge in [-0.05, 0) is 19.8 Å². The van der Waals surface area contributed by atoms with E-state index in [1.165, 1.54) is 0 Å². The first-order chi connectivity index (χ1) is 8.15. The van der Waals surface area contributed by atoms with Crippen LogP contribution in [-0.4, -0.2) is 52.5 Å². The fraction of sp³-hybridized carbons (Fsp3) is 0.750. The smallest absolute Gasteiger partial charge is 0.161 e. The number of amidine groups is 1. The number of aliphatic imine (C=N–C) groups is 1. The summed E-state index contributed by atoms with van der Waals surface area (Å²) in [5, 5.41) is 10.8. The molecule has 5 heteroatoms. The molecule has 0 amide bonds. The molecular formula is C12H20N2O2S. The SMILES string of the molecule is C=C[C@@H](O)[C@@H]1CC[C@H]2N=C(N(C)CC)S[C@H]2O1. The summed E-state index contributed by atoms with van der Waals surface area (Å²) in [6.07, 6.45) is 2.69. The molecule has 4 atom stereocenters. The molecule has 2 aliphatic rings. The van der Waals surface area contributed by atoms with Gasteiger partial charge in [-0.15, -0.1) is 6.58 Å². The summed E-state index contributed by atoms with van der Waals surface area (Å²) in [7, 11) is 2.04. The molecule has 4 nitrogen and oxygen atoms in total. The van der Waals surface area contributed by atoms with Crippen LogP contribution in [0.25, 0.3) is 0 Å². The first kappa shape index (κ1) is 12.9. The summed E-state index contributed by atoms with van der Waals surface area (Å²) in [5.41, 5.74) is 0.0624. The molecule has 0 aromatic carbocycles. The largest absolute Gasteiger partial charge is 0.386 e. The Balaban J connectivity index is 1.96. The molecule has 17 heavy (non-hydrogen) atoms. The van der Waals surface area contributed by atoms with Crippen molar-refractivity contribution in [1.29, 1.82) is 0 Å². The number of nitrogens with zero attached hydrogens (tertiary/aromatic N) is 2. The van der Waals surface area contributed by atoms with Crippen molar-refractivity contribution in [2.75, 3.05) is 13.6 Å². The number of fused-ring (bicyclic) bond motifs is 1. The highest BCUT2D eigenvalue weighted by molar-refractivity contribution is 8.14. The Hall–Kier alpha value is -0.520. The van der Waals surface area contributed by atoms with Gasteiger partial charge in [-0.25, -0.2) is 0 Å². The van der Waals surface area contributed by atoms with Crippen molar-refractivity contribution in [3.8, 4) is 0 Å². The van der Waals surface area contributed by atoms with Crippen molar-refractivity contribution in [1.82, 2.24) is 4.90 Å². The summed E-state index contributed by atoms with van der Waals surface area (Å²) in [6.45, 7) is 6.66. The van der Waals surface area contributed by atoms with E-state index in [0.717, 1.165) is 24.6 Å². The maximum atomic E-state index is 9.72. The molecule has 2 aliphatic heterocycles. The van der Waals surface area contributed by atoms with Crippen molar-refractivity contribution in [3.05, 3.63) is 12.7 Å². The molecule has 0 saturated carbocycles. The van der Waals surface area contributed by atoms with Crippen molar-refractivity contribution in [2.24, 2.45) is 4.99 Å². The van der Waals surface area contributed by atoms with Crippen LogP contribution in [0.15, 0.2) is 17.6 Å². The van der Waals surface area contributed by atoms with Crippen LogP contribution < -0.4 is 0 Å². The molecule has 0 unspecified atom stereocenters. The van der Waals surface area contributed by atoms with Crippen LogP contribution >= 0.6 is 11.8 Å². The van der Waals surface area contributed by atoms with Gasteiger partial charge >= 0.3 is 0 Å². The minimum atomic E-state index is -0.565. The molecule has 96 valence electrons. The summed E-state index contributed by atoms with van der Waals surface area (Å²) in [5.74, 6) is 0. The zero-order chi connectivity index (χ0) is 12.4. The lowest BCUT2D eigenvalue weighted by atomic mass is 10.0. The van der Waals surface area contributed by atoms with Crippen molar-refractivity contribution in [3.63, 3.8) is 0 Å². The summed E-state index contributed by atoms with van der Waals surface area (Å²) < 4.78 is 5.89. The van der Waals surface area contributed by atoms with Gasteiger partial charge in [0.15, 0.2) is 5.17 Å². The molecule has 2 heterocycles. The van der Waals surface area contributed by atoms with Crippen molar-refractivity contribution >= 4 is 16.9 Å². The molecule has 0 aromatic rings. The number of thioether (sulfide) groups is 1. The standard InChI is InChI=1S/C12H20N2O2S/c1-4-9(15)10-7-6-8-11(16-10)17-12(13-8)14(3)5-2/h4,8-11,15H,1,5-7H2,2-3H3/t8-,9-,10+,11-/m1/s1. The quantitative estimate of drug-likeness (QED) is 0.777. The Labute approximate surface area is 107 Å². The highest BCUT2D eigenvalue weighted by Gasteiger charge is 2.39. The summed E-state index contributed by atoms with van der Waals surface area (Å²) >= 11 is 1.67. The van der Waals surface area contributed by atoms with E-state index in [0.29, 0.717) is 0 Å². The summed E-state index contributed by atoms with van der Waals surface area (Å²) in [6, 6.07) is 0.247. The molecule has 1 N–H and O–H groups in total. The first-order valence-corrected chi connectivity index (χ1v) is 6.95. The highest BCUT2D eigenvalue weighted by Crippen LogP contribution is 2.37. The Morgan fingerprint density at radius 1 is 1.71 bits per heavy atom. The van der Waals surface area contributed by atoms with Gasteiger partial charge in [-0.3, -0.25) is 4.99 Å². The lowest BCUT2D eigenvalue weighted by Gasteiger charge is -2.32. The van der Waals surface area contributed by atoms with Gasteiger partial charge in [0, 0.05) is 13.6 Å². The van der Waals surface area contributed by atoms with E-state index in [-0.39, 0.29) is 17.6 Å². The van der Waals surface area contributed by atoms with Gasteiger partial charge < -0.3 is 14.7 Å². The fourth-order valence-electron chi connectivity index (χ4n) is 2.04. The van der Waals surface area contributed by atoms with Gasteiger partial charge in [0.2, 0.25) is 0 Å². The van der Waals surface area contributed by atoms with E-state index in [9.17, 15) is 5.11 Å². The van der Waals surface area contributed by atoms with E-state index in [1.54, 1.807) is 17.8 Å². The highest BCUT2D eigenvalue weighted by atomic mass is 32.2. The number of rotatable bonds is 3. The van der Waals surface area contributed by atoms with Gasteiger partial charge in [0.1, 0.15) is 5.44 Å². The van der Waals surface area contributed by atoms with E-state index >= 15 is 0 Å². The van der Waals surface area contributed by atoms with E-state index in [4.69, 9.17) is 4.74 Å². The van der Waals surface area contributed by atoms with Crippen LogP contribution in [0.4, 0.5) is 0 Å². The number of hydrogen-bond acceptors (Lipinski definition) is 5. The monoisotopic (exact) mass is 256 g/mol. The molecule has 0 spiro atoms. The van der Waals surface area contributed by atoms with E-state index < -0.39 is 6.10 Å². The minimum absolute atomic E-state index is 0.0624. The Bertz CT molecular complexity index is 322. The molecule has 0 aromatic heterocycles. The number of aliphatic hydroxyl groups excluding tert-OH is 1.